The Bertz CT molecular complexity index is 529. The van der Waals surface area contributed by atoms with Gasteiger partial charge in [-0.3, -0.25) is 9.98 Å². The monoisotopic (exact) mass is 386 g/mol. The molecule has 0 spiro atoms. The first kappa shape index (κ1) is 20.2. The van der Waals surface area contributed by atoms with Crippen LogP contribution in [0.1, 0.15) is 91.9 Å². The van der Waals surface area contributed by atoms with E-state index in [0.29, 0.717) is 36.0 Å². The Hall–Kier alpha value is -1.06. The summed E-state index contributed by atoms with van der Waals surface area (Å²) in [4.78, 5) is 16.1. The Kier molecular flexibility index (Phi) is 6.32. The topological polar surface area (TPSA) is 31.2 Å². The molecule has 158 valence electrons. The lowest BCUT2D eigenvalue weighted by atomic mass is 9.92. The zero-order valence-corrected chi connectivity index (χ0v) is 18.7. The molecule has 2 atom stereocenters. The number of aliphatic imine (C=N–C) groups is 2. The van der Waals surface area contributed by atoms with Crippen LogP contribution in [0.3, 0.4) is 0 Å². The summed E-state index contributed by atoms with van der Waals surface area (Å²) in [6.07, 6.45) is 13.7. The molecule has 0 saturated heterocycles. The fourth-order valence-corrected chi connectivity index (χ4v) is 5.64. The lowest BCUT2D eigenvalue weighted by molar-refractivity contribution is 0.231. The van der Waals surface area contributed by atoms with Gasteiger partial charge in [-0.2, -0.15) is 0 Å². The lowest BCUT2D eigenvalue weighted by Crippen LogP contribution is -2.50. The number of rotatable bonds is 5. The number of nitrogens with zero attached hydrogens (tertiary/aromatic N) is 4. The van der Waals surface area contributed by atoms with E-state index in [2.05, 4.69) is 37.5 Å². The summed E-state index contributed by atoms with van der Waals surface area (Å²) in [5, 5.41) is 0. The molecule has 4 aliphatic rings. The van der Waals surface area contributed by atoms with E-state index in [1.807, 2.05) is 0 Å². The zero-order valence-electron chi connectivity index (χ0n) is 18.7. The quantitative estimate of drug-likeness (QED) is 0.656. The summed E-state index contributed by atoms with van der Waals surface area (Å²) in [7, 11) is 0. The van der Waals surface area contributed by atoms with Crippen LogP contribution in [0.15, 0.2) is 9.98 Å². The highest BCUT2D eigenvalue weighted by molar-refractivity contribution is 6.41. The molecule has 0 unspecified atom stereocenters. The highest BCUT2D eigenvalue weighted by atomic mass is 15.4. The standard InChI is InChI=1S/C24H42N4/c1-17(2)21-15-27(19-11-7-5-8-12-19)23(25-21)24-26-22(18(3)4)16-28(24)20-13-9-6-10-14-20/h17-22H,5-16H2,1-4H3/t21-,22-/m0/s1. The highest BCUT2D eigenvalue weighted by Crippen LogP contribution is 2.33. The highest BCUT2D eigenvalue weighted by Gasteiger charge is 2.41. The van der Waals surface area contributed by atoms with Crippen LogP contribution in [-0.4, -0.2) is 58.7 Å². The van der Waals surface area contributed by atoms with Gasteiger partial charge in [-0.1, -0.05) is 66.2 Å². The van der Waals surface area contributed by atoms with Gasteiger partial charge in [-0.15, -0.1) is 0 Å². The SMILES string of the molecule is CC(C)[C@@H]1CN(C2CCCCC2)C(C2=N[C@H](C(C)C)CN2C2CCCCC2)=N1. The van der Waals surface area contributed by atoms with Crippen LogP contribution < -0.4 is 0 Å². The van der Waals surface area contributed by atoms with Crippen molar-refractivity contribution in [1.29, 1.82) is 0 Å². The summed E-state index contributed by atoms with van der Waals surface area (Å²) < 4.78 is 0. The molecule has 2 fully saturated rings. The van der Waals surface area contributed by atoms with Gasteiger partial charge in [0.2, 0.25) is 0 Å². The summed E-state index contributed by atoms with van der Waals surface area (Å²) in [5.41, 5.74) is 0. The van der Waals surface area contributed by atoms with Crippen LogP contribution in [0.2, 0.25) is 0 Å². The lowest BCUT2D eigenvalue weighted by Gasteiger charge is -2.38. The van der Waals surface area contributed by atoms with Gasteiger partial charge in [0.05, 0.1) is 12.1 Å². The maximum atomic E-state index is 5.34. The number of hydrogen-bond acceptors (Lipinski definition) is 4. The van der Waals surface area contributed by atoms with Crippen molar-refractivity contribution in [2.45, 2.75) is 116 Å². The second-order valence-corrected chi connectivity index (χ2v) is 10.4. The first-order chi connectivity index (χ1) is 13.5. The first-order valence-corrected chi connectivity index (χ1v) is 12.2. The molecule has 2 heterocycles. The molecule has 4 nitrogen and oxygen atoms in total. The van der Waals surface area contributed by atoms with Crippen molar-refractivity contribution in [3.05, 3.63) is 0 Å². The summed E-state index contributed by atoms with van der Waals surface area (Å²) >= 11 is 0. The van der Waals surface area contributed by atoms with E-state index < -0.39 is 0 Å². The van der Waals surface area contributed by atoms with Crippen LogP contribution in [0.5, 0.6) is 0 Å². The van der Waals surface area contributed by atoms with Crippen LogP contribution in [-0.2, 0) is 0 Å². The van der Waals surface area contributed by atoms with Crippen molar-refractivity contribution in [1.82, 2.24) is 9.80 Å². The smallest absolute Gasteiger partial charge is 0.167 e. The molecule has 4 rings (SSSR count). The third-order valence-electron chi connectivity index (χ3n) is 7.66. The molecular weight excluding hydrogens is 344 g/mol. The minimum atomic E-state index is 0.436. The summed E-state index contributed by atoms with van der Waals surface area (Å²) in [6, 6.07) is 2.24. The minimum absolute atomic E-state index is 0.436. The molecule has 0 amide bonds. The zero-order chi connectivity index (χ0) is 19.7. The van der Waals surface area contributed by atoms with Gasteiger partial charge in [0, 0.05) is 25.2 Å². The molecule has 0 radical (unpaired) electrons. The molecule has 2 aliphatic heterocycles. The van der Waals surface area contributed by atoms with Crippen molar-refractivity contribution in [3.8, 4) is 0 Å². The van der Waals surface area contributed by atoms with Crippen molar-refractivity contribution < 1.29 is 0 Å². The van der Waals surface area contributed by atoms with Gasteiger partial charge in [0.1, 0.15) is 0 Å². The van der Waals surface area contributed by atoms with E-state index in [-0.39, 0.29) is 0 Å². The fourth-order valence-electron chi connectivity index (χ4n) is 5.64. The molecule has 0 aromatic heterocycles. The minimum Gasteiger partial charge on any atom is -0.349 e. The van der Waals surface area contributed by atoms with Crippen molar-refractivity contribution in [2.24, 2.45) is 21.8 Å². The average Bonchev–Trinajstić information content (AvgIpc) is 3.34. The van der Waals surface area contributed by atoms with Crippen LogP contribution >= 0.6 is 0 Å². The second-order valence-electron chi connectivity index (χ2n) is 10.4. The molecule has 0 bridgehead atoms. The van der Waals surface area contributed by atoms with E-state index in [1.54, 1.807) is 0 Å². The van der Waals surface area contributed by atoms with Gasteiger partial charge in [0.15, 0.2) is 11.7 Å². The first-order valence-electron chi connectivity index (χ1n) is 12.2. The predicted molar refractivity (Wildman–Crippen MR) is 119 cm³/mol. The molecule has 28 heavy (non-hydrogen) atoms. The van der Waals surface area contributed by atoms with Crippen molar-refractivity contribution >= 4 is 11.7 Å². The Morgan fingerprint density at radius 2 is 0.964 bits per heavy atom. The Balaban J connectivity index is 1.63. The average molecular weight is 387 g/mol. The largest absolute Gasteiger partial charge is 0.349 e. The van der Waals surface area contributed by atoms with Gasteiger partial charge < -0.3 is 9.80 Å². The van der Waals surface area contributed by atoms with E-state index in [4.69, 9.17) is 9.98 Å². The van der Waals surface area contributed by atoms with E-state index in [0.717, 1.165) is 13.1 Å². The third-order valence-corrected chi connectivity index (χ3v) is 7.66. The van der Waals surface area contributed by atoms with E-state index in [1.165, 1.54) is 75.9 Å². The molecule has 0 aromatic rings. The predicted octanol–water partition coefficient (Wildman–Crippen LogP) is 5.13. The van der Waals surface area contributed by atoms with Gasteiger partial charge in [-0.05, 0) is 37.5 Å². The van der Waals surface area contributed by atoms with Crippen LogP contribution in [0.25, 0.3) is 0 Å². The molecule has 0 N–H and O–H groups in total. The van der Waals surface area contributed by atoms with Crippen molar-refractivity contribution in [3.63, 3.8) is 0 Å². The maximum Gasteiger partial charge on any atom is 0.167 e. The molecule has 2 saturated carbocycles. The van der Waals surface area contributed by atoms with Crippen LogP contribution in [0, 0.1) is 11.8 Å². The van der Waals surface area contributed by atoms with Crippen LogP contribution in [0.4, 0.5) is 0 Å². The number of amidine groups is 2. The molecule has 2 aliphatic carbocycles. The Morgan fingerprint density at radius 3 is 1.29 bits per heavy atom. The Morgan fingerprint density at radius 1 is 0.607 bits per heavy atom. The number of hydrogen-bond donors (Lipinski definition) is 0. The van der Waals surface area contributed by atoms with Gasteiger partial charge in [-0.25, -0.2) is 0 Å². The fraction of sp³-hybridized carbons (Fsp3) is 0.917. The molecule has 0 aromatic carbocycles. The molecular formula is C24H42N4. The summed E-state index contributed by atoms with van der Waals surface area (Å²) in [5.74, 6) is 3.74. The molecule has 4 heteroatoms. The maximum absolute atomic E-state index is 5.34. The Labute approximate surface area is 172 Å². The second kappa shape index (κ2) is 8.75. The van der Waals surface area contributed by atoms with Gasteiger partial charge >= 0.3 is 0 Å². The van der Waals surface area contributed by atoms with Gasteiger partial charge in [0.25, 0.3) is 0 Å². The summed E-state index contributed by atoms with van der Waals surface area (Å²) in [6.45, 7) is 11.6. The normalized spacial score (nSPS) is 30.5. The van der Waals surface area contributed by atoms with Crippen molar-refractivity contribution in [2.75, 3.05) is 13.1 Å². The third kappa shape index (κ3) is 4.11. The van der Waals surface area contributed by atoms with E-state index >= 15 is 0 Å². The van der Waals surface area contributed by atoms with E-state index in [9.17, 15) is 0 Å².